The SMILES string of the molecule is CC(C)(C)C1CCC(N2CCC[C@@H](N)C2)CC1. The lowest BCUT2D eigenvalue weighted by Gasteiger charge is -2.43. The van der Waals surface area contributed by atoms with Gasteiger partial charge < -0.3 is 5.73 Å². The molecule has 2 nitrogen and oxygen atoms in total. The normalized spacial score (nSPS) is 37.1. The summed E-state index contributed by atoms with van der Waals surface area (Å²) in [6.45, 7) is 9.63. The predicted molar refractivity (Wildman–Crippen MR) is 74.0 cm³/mol. The summed E-state index contributed by atoms with van der Waals surface area (Å²) in [6.07, 6.45) is 8.16. The Hall–Kier alpha value is -0.0800. The minimum absolute atomic E-state index is 0.434. The standard InChI is InChI=1S/C15H30N2/c1-15(2,3)12-6-8-14(9-7-12)17-10-4-5-13(16)11-17/h12-14H,4-11,16H2,1-3H3/t12?,13-,14?/m1/s1. The van der Waals surface area contributed by atoms with Crippen LogP contribution in [-0.4, -0.2) is 30.1 Å². The van der Waals surface area contributed by atoms with Crippen LogP contribution in [0.4, 0.5) is 0 Å². The first-order chi connectivity index (χ1) is 7.97. The van der Waals surface area contributed by atoms with E-state index in [0.717, 1.165) is 18.5 Å². The van der Waals surface area contributed by atoms with Crippen molar-refractivity contribution in [2.45, 2.75) is 71.4 Å². The fraction of sp³-hybridized carbons (Fsp3) is 1.00. The molecule has 2 N–H and O–H groups in total. The van der Waals surface area contributed by atoms with E-state index >= 15 is 0 Å². The van der Waals surface area contributed by atoms with Crippen LogP contribution < -0.4 is 5.73 Å². The van der Waals surface area contributed by atoms with Crippen LogP contribution in [0.3, 0.4) is 0 Å². The second-order valence-electron chi connectivity index (χ2n) is 7.27. The molecule has 2 heteroatoms. The third kappa shape index (κ3) is 3.45. The van der Waals surface area contributed by atoms with Crippen molar-refractivity contribution in [3.05, 3.63) is 0 Å². The van der Waals surface area contributed by atoms with E-state index in [4.69, 9.17) is 5.73 Å². The van der Waals surface area contributed by atoms with Gasteiger partial charge in [0.15, 0.2) is 0 Å². The van der Waals surface area contributed by atoms with Gasteiger partial charge in [0, 0.05) is 18.6 Å². The lowest BCUT2D eigenvalue weighted by molar-refractivity contribution is 0.0773. The molecule has 0 aromatic heterocycles. The summed E-state index contributed by atoms with van der Waals surface area (Å²) >= 11 is 0. The van der Waals surface area contributed by atoms with Crippen molar-refractivity contribution < 1.29 is 0 Å². The third-order valence-corrected chi connectivity index (χ3v) is 4.93. The van der Waals surface area contributed by atoms with Crippen LogP contribution in [0, 0.1) is 11.3 Å². The van der Waals surface area contributed by atoms with E-state index in [9.17, 15) is 0 Å². The molecule has 2 fully saturated rings. The Morgan fingerprint density at radius 1 is 1.00 bits per heavy atom. The Morgan fingerprint density at radius 2 is 1.65 bits per heavy atom. The quantitative estimate of drug-likeness (QED) is 0.761. The lowest BCUT2D eigenvalue weighted by atomic mass is 9.71. The van der Waals surface area contributed by atoms with E-state index in [1.165, 1.54) is 45.1 Å². The molecule has 0 amide bonds. The Kier molecular flexibility index (Phi) is 4.14. The van der Waals surface area contributed by atoms with Gasteiger partial charge in [-0.15, -0.1) is 0 Å². The van der Waals surface area contributed by atoms with Crippen molar-refractivity contribution in [1.82, 2.24) is 4.90 Å². The summed E-state index contributed by atoms with van der Waals surface area (Å²) in [7, 11) is 0. The summed E-state index contributed by atoms with van der Waals surface area (Å²) in [5.74, 6) is 0.928. The van der Waals surface area contributed by atoms with Gasteiger partial charge in [0.1, 0.15) is 0 Å². The van der Waals surface area contributed by atoms with Gasteiger partial charge in [-0.1, -0.05) is 20.8 Å². The molecule has 2 rings (SSSR count). The summed E-state index contributed by atoms with van der Waals surface area (Å²) in [5.41, 5.74) is 6.59. The second-order valence-corrected chi connectivity index (χ2v) is 7.27. The number of nitrogens with two attached hydrogens (primary N) is 1. The van der Waals surface area contributed by atoms with Crippen LogP contribution in [0.1, 0.15) is 59.3 Å². The molecule has 0 unspecified atom stereocenters. The molecule has 1 aliphatic carbocycles. The molecular formula is C15H30N2. The van der Waals surface area contributed by atoms with Crippen molar-refractivity contribution >= 4 is 0 Å². The van der Waals surface area contributed by atoms with Crippen LogP contribution in [0.5, 0.6) is 0 Å². The maximum Gasteiger partial charge on any atom is 0.0168 e. The fourth-order valence-corrected chi connectivity index (χ4v) is 3.68. The molecule has 1 aliphatic heterocycles. The predicted octanol–water partition coefficient (Wildman–Crippen LogP) is 3.01. The van der Waals surface area contributed by atoms with Crippen LogP contribution in [0.25, 0.3) is 0 Å². The van der Waals surface area contributed by atoms with Gasteiger partial charge in [0.05, 0.1) is 0 Å². The van der Waals surface area contributed by atoms with Gasteiger partial charge in [-0.3, -0.25) is 4.90 Å². The molecule has 2 aliphatic rings. The first-order valence-corrected chi connectivity index (χ1v) is 7.46. The number of hydrogen-bond donors (Lipinski definition) is 1. The number of rotatable bonds is 1. The molecule has 1 atom stereocenters. The Balaban J connectivity index is 1.82. The second kappa shape index (κ2) is 5.27. The molecule has 0 spiro atoms. The lowest BCUT2D eigenvalue weighted by Crippen LogP contribution is -2.49. The van der Waals surface area contributed by atoms with E-state index < -0.39 is 0 Å². The number of hydrogen-bond acceptors (Lipinski definition) is 2. The van der Waals surface area contributed by atoms with Crippen LogP contribution >= 0.6 is 0 Å². The van der Waals surface area contributed by atoms with Crippen LogP contribution in [0.2, 0.25) is 0 Å². The zero-order chi connectivity index (χ0) is 12.5. The van der Waals surface area contributed by atoms with Gasteiger partial charge in [0.2, 0.25) is 0 Å². The Morgan fingerprint density at radius 3 is 2.18 bits per heavy atom. The van der Waals surface area contributed by atoms with Crippen LogP contribution in [-0.2, 0) is 0 Å². The van der Waals surface area contributed by atoms with Crippen molar-refractivity contribution in [3.8, 4) is 0 Å². The molecule has 0 aromatic carbocycles. The summed E-state index contributed by atoms with van der Waals surface area (Å²) in [6, 6.07) is 1.27. The average molecular weight is 238 g/mol. The molecule has 1 saturated carbocycles. The smallest absolute Gasteiger partial charge is 0.0168 e. The average Bonchev–Trinajstić information content (AvgIpc) is 2.28. The first-order valence-electron chi connectivity index (χ1n) is 7.46. The summed E-state index contributed by atoms with van der Waals surface area (Å²) in [5, 5.41) is 0. The Labute approximate surface area is 107 Å². The van der Waals surface area contributed by atoms with E-state index in [1.807, 2.05) is 0 Å². The number of likely N-dealkylation sites (tertiary alicyclic amines) is 1. The molecule has 0 bridgehead atoms. The topological polar surface area (TPSA) is 29.3 Å². The third-order valence-electron chi connectivity index (χ3n) is 4.93. The zero-order valence-electron chi connectivity index (χ0n) is 11.9. The molecule has 1 heterocycles. The van der Waals surface area contributed by atoms with Crippen LogP contribution in [0.15, 0.2) is 0 Å². The maximum absolute atomic E-state index is 6.09. The van der Waals surface area contributed by atoms with Gasteiger partial charge in [-0.05, 0) is 56.4 Å². The largest absolute Gasteiger partial charge is 0.327 e. The minimum Gasteiger partial charge on any atom is -0.327 e. The maximum atomic E-state index is 6.09. The minimum atomic E-state index is 0.434. The van der Waals surface area contributed by atoms with E-state index in [0.29, 0.717) is 11.5 Å². The number of nitrogens with zero attached hydrogens (tertiary/aromatic N) is 1. The van der Waals surface area contributed by atoms with E-state index in [-0.39, 0.29) is 0 Å². The van der Waals surface area contributed by atoms with Crippen molar-refractivity contribution in [2.24, 2.45) is 17.1 Å². The number of piperidine rings is 1. The highest BCUT2D eigenvalue weighted by Gasteiger charge is 2.32. The highest BCUT2D eigenvalue weighted by Crippen LogP contribution is 2.39. The van der Waals surface area contributed by atoms with Crippen molar-refractivity contribution in [1.29, 1.82) is 0 Å². The molecule has 100 valence electrons. The van der Waals surface area contributed by atoms with E-state index in [1.54, 1.807) is 0 Å². The zero-order valence-corrected chi connectivity index (χ0v) is 11.9. The van der Waals surface area contributed by atoms with Gasteiger partial charge in [0.25, 0.3) is 0 Å². The Bertz CT molecular complexity index is 236. The van der Waals surface area contributed by atoms with Gasteiger partial charge in [-0.2, -0.15) is 0 Å². The summed E-state index contributed by atoms with van der Waals surface area (Å²) in [4.78, 5) is 2.67. The van der Waals surface area contributed by atoms with Gasteiger partial charge >= 0.3 is 0 Å². The molecule has 0 radical (unpaired) electrons. The van der Waals surface area contributed by atoms with Crippen molar-refractivity contribution in [2.75, 3.05) is 13.1 Å². The summed E-state index contributed by atoms with van der Waals surface area (Å²) < 4.78 is 0. The highest BCUT2D eigenvalue weighted by atomic mass is 15.2. The fourth-order valence-electron chi connectivity index (χ4n) is 3.68. The molecule has 0 aromatic rings. The molecule has 17 heavy (non-hydrogen) atoms. The first kappa shape index (κ1) is 13.4. The monoisotopic (exact) mass is 238 g/mol. The highest BCUT2D eigenvalue weighted by molar-refractivity contribution is 4.87. The van der Waals surface area contributed by atoms with Crippen molar-refractivity contribution in [3.63, 3.8) is 0 Å². The molecule has 1 saturated heterocycles. The van der Waals surface area contributed by atoms with E-state index in [2.05, 4.69) is 25.7 Å². The van der Waals surface area contributed by atoms with Gasteiger partial charge in [-0.25, -0.2) is 0 Å². The molecular weight excluding hydrogens is 208 g/mol.